The second-order valence-electron chi connectivity index (χ2n) is 7.86. The molecule has 2 heterocycles. The van der Waals surface area contributed by atoms with Crippen LogP contribution in [0.2, 0.25) is 0 Å². The van der Waals surface area contributed by atoms with Crippen molar-refractivity contribution < 1.29 is 9.59 Å². The molecular formula is C20H28N4O2. The first-order valence-corrected chi connectivity index (χ1v) is 9.76. The Balaban J connectivity index is 1.38. The first-order valence-electron chi connectivity index (χ1n) is 9.76. The van der Waals surface area contributed by atoms with Gasteiger partial charge in [-0.15, -0.1) is 0 Å². The monoisotopic (exact) mass is 356 g/mol. The summed E-state index contributed by atoms with van der Waals surface area (Å²) in [4.78, 5) is 31.6. The van der Waals surface area contributed by atoms with E-state index in [0.29, 0.717) is 6.67 Å². The third-order valence-corrected chi connectivity index (χ3v) is 6.34. The number of hydrogen-bond donors (Lipinski definition) is 1. The molecule has 3 amide bonds. The summed E-state index contributed by atoms with van der Waals surface area (Å²) in [7, 11) is 0. The smallest absolute Gasteiger partial charge is 0.326 e. The van der Waals surface area contributed by atoms with Crippen molar-refractivity contribution in [3.8, 4) is 0 Å². The molecule has 1 spiro atoms. The van der Waals surface area contributed by atoms with E-state index in [-0.39, 0.29) is 17.9 Å². The second-order valence-corrected chi connectivity index (χ2v) is 7.86. The van der Waals surface area contributed by atoms with E-state index in [1.165, 1.54) is 10.6 Å². The summed E-state index contributed by atoms with van der Waals surface area (Å²) in [6, 6.07) is 10.2. The van der Waals surface area contributed by atoms with Gasteiger partial charge < -0.3 is 10.2 Å². The normalized spacial score (nSPS) is 30.1. The van der Waals surface area contributed by atoms with Crippen LogP contribution in [-0.4, -0.2) is 60.1 Å². The fourth-order valence-corrected chi connectivity index (χ4v) is 4.61. The van der Waals surface area contributed by atoms with E-state index in [4.69, 9.17) is 0 Å². The highest BCUT2D eigenvalue weighted by Crippen LogP contribution is 2.38. The zero-order valence-corrected chi connectivity index (χ0v) is 15.5. The molecule has 2 atom stereocenters. The van der Waals surface area contributed by atoms with Gasteiger partial charge in [-0.1, -0.05) is 38.0 Å². The molecule has 1 N–H and O–H groups in total. The van der Waals surface area contributed by atoms with Gasteiger partial charge in [-0.25, -0.2) is 9.69 Å². The third-order valence-electron chi connectivity index (χ3n) is 6.34. The summed E-state index contributed by atoms with van der Waals surface area (Å²) in [5.74, 6) is 0.202. The maximum absolute atomic E-state index is 13.1. The first kappa shape index (κ1) is 17.3. The fraction of sp³-hybridized carbons (Fsp3) is 0.600. The van der Waals surface area contributed by atoms with Gasteiger partial charge in [0.25, 0.3) is 5.91 Å². The van der Waals surface area contributed by atoms with Crippen molar-refractivity contribution in [1.82, 2.24) is 15.1 Å². The molecule has 26 heavy (non-hydrogen) atoms. The summed E-state index contributed by atoms with van der Waals surface area (Å²) in [5.41, 5.74) is 0.582. The maximum atomic E-state index is 13.1. The van der Waals surface area contributed by atoms with Crippen LogP contribution in [0.1, 0.15) is 32.6 Å². The lowest BCUT2D eigenvalue weighted by Crippen LogP contribution is -2.55. The molecule has 140 valence electrons. The molecule has 2 saturated heterocycles. The molecule has 3 aliphatic rings. The van der Waals surface area contributed by atoms with Gasteiger partial charge in [0.2, 0.25) is 0 Å². The van der Waals surface area contributed by atoms with Gasteiger partial charge in [0.1, 0.15) is 5.54 Å². The number of amides is 3. The zero-order chi connectivity index (χ0) is 18.1. The van der Waals surface area contributed by atoms with Crippen molar-refractivity contribution >= 4 is 17.6 Å². The lowest BCUT2D eigenvalue weighted by Gasteiger charge is -2.38. The Labute approximate surface area is 155 Å². The molecule has 1 aromatic rings. The Morgan fingerprint density at radius 2 is 1.81 bits per heavy atom. The van der Waals surface area contributed by atoms with E-state index in [1.807, 2.05) is 6.07 Å². The van der Waals surface area contributed by atoms with Crippen molar-refractivity contribution in [2.75, 3.05) is 37.7 Å². The van der Waals surface area contributed by atoms with Gasteiger partial charge in [0.15, 0.2) is 0 Å². The highest BCUT2D eigenvalue weighted by molar-refractivity contribution is 6.07. The summed E-state index contributed by atoms with van der Waals surface area (Å²) >= 11 is 0. The number of carbonyl (C=O) groups is 2. The first-order chi connectivity index (χ1) is 12.6. The van der Waals surface area contributed by atoms with Crippen LogP contribution in [0.15, 0.2) is 30.3 Å². The minimum atomic E-state index is -0.652. The number of nitrogens with one attached hydrogen (secondary N) is 1. The summed E-state index contributed by atoms with van der Waals surface area (Å²) in [5, 5.41) is 3.04. The average molecular weight is 356 g/mol. The van der Waals surface area contributed by atoms with E-state index in [0.717, 1.165) is 51.9 Å². The molecule has 1 aliphatic carbocycles. The molecule has 6 heteroatoms. The number of anilines is 1. The summed E-state index contributed by atoms with van der Waals surface area (Å²) in [6.45, 7) is 6.04. The Hall–Kier alpha value is -2.08. The minimum absolute atomic E-state index is 0.0137. The van der Waals surface area contributed by atoms with Gasteiger partial charge in [-0.3, -0.25) is 9.69 Å². The van der Waals surface area contributed by atoms with Crippen molar-refractivity contribution in [2.24, 2.45) is 5.92 Å². The molecule has 1 aromatic carbocycles. The SMILES string of the molecule is C[C@@H]1CCCC[C@@]12NC(=O)N(CN1CCN(c3ccccc3)CC1)C2=O. The number of carbonyl (C=O) groups excluding carboxylic acids is 2. The number of para-hydroxylation sites is 1. The van der Waals surface area contributed by atoms with Crippen LogP contribution in [0.3, 0.4) is 0 Å². The van der Waals surface area contributed by atoms with Gasteiger partial charge in [0.05, 0.1) is 6.67 Å². The predicted molar refractivity (Wildman–Crippen MR) is 101 cm³/mol. The molecule has 1 saturated carbocycles. The Kier molecular flexibility index (Phi) is 4.61. The van der Waals surface area contributed by atoms with Gasteiger partial charge in [0, 0.05) is 31.9 Å². The summed E-state index contributed by atoms with van der Waals surface area (Å²) in [6.07, 6.45) is 3.94. The zero-order valence-electron chi connectivity index (χ0n) is 15.5. The van der Waals surface area contributed by atoms with Crippen molar-refractivity contribution in [3.05, 3.63) is 30.3 Å². The number of benzene rings is 1. The van der Waals surface area contributed by atoms with Gasteiger partial charge >= 0.3 is 6.03 Å². The molecular weight excluding hydrogens is 328 g/mol. The fourth-order valence-electron chi connectivity index (χ4n) is 4.61. The number of imide groups is 1. The van der Waals surface area contributed by atoms with Crippen molar-refractivity contribution in [2.45, 2.75) is 38.1 Å². The second kappa shape index (κ2) is 6.91. The van der Waals surface area contributed by atoms with E-state index < -0.39 is 5.54 Å². The number of urea groups is 1. The molecule has 0 radical (unpaired) electrons. The predicted octanol–water partition coefficient (Wildman–Crippen LogP) is 2.27. The quantitative estimate of drug-likeness (QED) is 0.844. The van der Waals surface area contributed by atoms with Crippen molar-refractivity contribution in [1.29, 1.82) is 0 Å². The third kappa shape index (κ3) is 2.96. The molecule has 2 aliphatic heterocycles. The van der Waals surface area contributed by atoms with Gasteiger partial charge in [-0.2, -0.15) is 0 Å². The average Bonchev–Trinajstić information content (AvgIpc) is 2.90. The van der Waals surface area contributed by atoms with E-state index in [2.05, 4.69) is 46.3 Å². The number of rotatable bonds is 3. The van der Waals surface area contributed by atoms with Crippen LogP contribution in [0.25, 0.3) is 0 Å². The highest BCUT2D eigenvalue weighted by atomic mass is 16.2. The molecule has 6 nitrogen and oxygen atoms in total. The maximum Gasteiger partial charge on any atom is 0.326 e. The Morgan fingerprint density at radius 1 is 1.08 bits per heavy atom. The molecule has 0 unspecified atom stereocenters. The van der Waals surface area contributed by atoms with Crippen LogP contribution >= 0.6 is 0 Å². The van der Waals surface area contributed by atoms with E-state index >= 15 is 0 Å². The number of hydrogen-bond acceptors (Lipinski definition) is 4. The largest absolute Gasteiger partial charge is 0.369 e. The van der Waals surface area contributed by atoms with Crippen LogP contribution in [0, 0.1) is 5.92 Å². The molecule has 0 bridgehead atoms. The molecule has 3 fully saturated rings. The molecule has 4 rings (SSSR count). The summed E-state index contributed by atoms with van der Waals surface area (Å²) < 4.78 is 0. The van der Waals surface area contributed by atoms with Crippen LogP contribution < -0.4 is 10.2 Å². The number of nitrogens with zero attached hydrogens (tertiary/aromatic N) is 3. The van der Waals surface area contributed by atoms with Crippen molar-refractivity contribution in [3.63, 3.8) is 0 Å². The minimum Gasteiger partial charge on any atom is -0.369 e. The molecule has 0 aromatic heterocycles. The van der Waals surface area contributed by atoms with Crippen LogP contribution in [0.4, 0.5) is 10.5 Å². The van der Waals surface area contributed by atoms with Crippen LogP contribution in [-0.2, 0) is 4.79 Å². The Bertz CT molecular complexity index is 672. The Morgan fingerprint density at radius 3 is 2.50 bits per heavy atom. The number of piperazine rings is 1. The topological polar surface area (TPSA) is 55.9 Å². The standard InChI is InChI=1S/C20H28N4O2/c1-16-7-5-6-10-20(16)18(25)24(19(26)21-20)15-22-11-13-23(14-12-22)17-8-3-2-4-9-17/h2-4,8-9,16H,5-7,10-15H2,1H3,(H,21,26)/t16-,20-/m1/s1. The van der Waals surface area contributed by atoms with E-state index in [9.17, 15) is 9.59 Å². The lowest BCUT2D eigenvalue weighted by atomic mass is 9.73. The van der Waals surface area contributed by atoms with Crippen LogP contribution in [0.5, 0.6) is 0 Å². The highest BCUT2D eigenvalue weighted by Gasteiger charge is 2.55. The van der Waals surface area contributed by atoms with Gasteiger partial charge in [-0.05, 0) is 30.9 Å². The lowest BCUT2D eigenvalue weighted by molar-refractivity contribution is -0.135. The van der Waals surface area contributed by atoms with E-state index in [1.54, 1.807) is 0 Å².